The molecule has 5 nitrogen and oxygen atoms in total. The molecule has 0 aliphatic heterocycles. The highest BCUT2D eigenvalue weighted by Crippen LogP contribution is 2.29. The van der Waals surface area contributed by atoms with Gasteiger partial charge in [0.1, 0.15) is 5.75 Å². The SMILES string of the molecule is COc1ccccc1SCC(C)CNC(=O)CC(CN)OC.Cl. The highest BCUT2D eigenvalue weighted by molar-refractivity contribution is 7.99. The van der Waals surface area contributed by atoms with Crippen molar-refractivity contribution >= 4 is 30.1 Å². The number of thioether (sulfide) groups is 1. The van der Waals surface area contributed by atoms with Gasteiger partial charge in [-0.1, -0.05) is 19.1 Å². The first-order chi connectivity index (χ1) is 10.6. The number of nitrogens with two attached hydrogens (primary N) is 1. The fourth-order valence-corrected chi connectivity index (χ4v) is 2.91. The molecule has 0 radical (unpaired) electrons. The maximum Gasteiger partial charge on any atom is 0.222 e. The van der Waals surface area contributed by atoms with Crippen LogP contribution in [0.25, 0.3) is 0 Å². The standard InChI is InChI=1S/C16H26N2O3S.ClH/c1-12(10-18-16(19)8-13(9-17)20-2)11-22-15-7-5-4-6-14(15)21-3;/h4-7,12-13H,8-11,17H2,1-3H3,(H,18,19);1H. The Morgan fingerprint density at radius 2 is 2.04 bits per heavy atom. The van der Waals surface area contributed by atoms with Crippen LogP contribution in [0.5, 0.6) is 5.75 Å². The minimum Gasteiger partial charge on any atom is -0.496 e. The van der Waals surface area contributed by atoms with E-state index in [9.17, 15) is 4.79 Å². The van der Waals surface area contributed by atoms with Gasteiger partial charge in [-0.25, -0.2) is 0 Å². The number of rotatable bonds is 10. The molecule has 132 valence electrons. The van der Waals surface area contributed by atoms with E-state index in [-0.39, 0.29) is 24.4 Å². The zero-order valence-electron chi connectivity index (χ0n) is 13.9. The largest absolute Gasteiger partial charge is 0.496 e. The van der Waals surface area contributed by atoms with Gasteiger partial charge in [-0.3, -0.25) is 4.79 Å². The molecule has 2 unspecified atom stereocenters. The van der Waals surface area contributed by atoms with Gasteiger partial charge in [0, 0.05) is 30.8 Å². The smallest absolute Gasteiger partial charge is 0.222 e. The van der Waals surface area contributed by atoms with Crippen molar-refractivity contribution in [1.82, 2.24) is 5.32 Å². The Morgan fingerprint density at radius 1 is 1.35 bits per heavy atom. The van der Waals surface area contributed by atoms with E-state index in [1.54, 1.807) is 26.0 Å². The molecule has 7 heteroatoms. The Morgan fingerprint density at radius 3 is 2.65 bits per heavy atom. The van der Waals surface area contributed by atoms with Crippen LogP contribution in [0, 0.1) is 5.92 Å². The lowest BCUT2D eigenvalue weighted by atomic mass is 10.2. The monoisotopic (exact) mass is 362 g/mol. The van der Waals surface area contributed by atoms with Gasteiger partial charge in [0.25, 0.3) is 0 Å². The average molecular weight is 363 g/mol. The minimum absolute atomic E-state index is 0. The maximum absolute atomic E-state index is 11.8. The fourth-order valence-electron chi connectivity index (χ4n) is 1.86. The van der Waals surface area contributed by atoms with Crippen molar-refractivity contribution in [1.29, 1.82) is 0 Å². The van der Waals surface area contributed by atoms with E-state index in [2.05, 4.69) is 12.2 Å². The number of carbonyl (C=O) groups is 1. The highest BCUT2D eigenvalue weighted by Gasteiger charge is 2.12. The van der Waals surface area contributed by atoms with Gasteiger partial charge in [-0.2, -0.15) is 0 Å². The molecule has 0 saturated heterocycles. The Kier molecular flexibility index (Phi) is 12.0. The zero-order chi connectivity index (χ0) is 16.4. The summed E-state index contributed by atoms with van der Waals surface area (Å²) in [6, 6.07) is 7.94. The van der Waals surface area contributed by atoms with Crippen LogP contribution in [0.1, 0.15) is 13.3 Å². The molecular formula is C16H27ClN2O3S. The number of para-hydroxylation sites is 1. The maximum atomic E-state index is 11.8. The second-order valence-corrected chi connectivity index (χ2v) is 6.23. The van der Waals surface area contributed by atoms with Gasteiger partial charge in [0.2, 0.25) is 5.91 Å². The second-order valence-electron chi connectivity index (χ2n) is 5.17. The Balaban J connectivity index is 0.00000484. The number of carbonyl (C=O) groups excluding carboxylic acids is 1. The van der Waals surface area contributed by atoms with E-state index in [1.165, 1.54) is 0 Å². The summed E-state index contributed by atoms with van der Waals surface area (Å²) in [5, 5.41) is 2.93. The molecule has 0 spiro atoms. The molecule has 1 rings (SSSR count). The van der Waals surface area contributed by atoms with Gasteiger partial charge in [0.15, 0.2) is 0 Å². The lowest BCUT2D eigenvalue weighted by Crippen LogP contribution is -2.34. The van der Waals surface area contributed by atoms with Gasteiger partial charge in [0.05, 0.1) is 19.6 Å². The molecule has 0 aliphatic rings. The van der Waals surface area contributed by atoms with E-state index >= 15 is 0 Å². The first-order valence-electron chi connectivity index (χ1n) is 7.36. The number of hydrogen-bond donors (Lipinski definition) is 2. The van der Waals surface area contributed by atoms with Crippen molar-refractivity contribution in [3.63, 3.8) is 0 Å². The zero-order valence-corrected chi connectivity index (χ0v) is 15.5. The highest BCUT2D eigenvalue weighted by atomic mass is 35.5. The third kappa shape index (κ3) is 8.46. The van der Waals surface area contributed by atoms with Gasteiger partial charge in [-0.15, -0.1) is 24.2 Å². The molecule has 23 heavy (non-hydrogen) atoms. The first-order valence-corrected chi connectivity index (χ1v) is 8.34. The van der Waals surface area contributed by atoms with E-state index in [0.29, 0.717) is 25.4 Å². The van der Waals surface area contributed by atoms with Crippen LogP contribution >= 0.6 is 24.2 Å². The summed E-state index contributed by atoms with van der Waals surface area (Å²) in [5.74, 6) is 2.13. The Bertz CT molecular complexity index is 459. The summed E-state index contributed by atoms with van der Waals surface area (Å²) in [7, 11) is 3.24. The van der Waals surface area contributed by atoms with Crippen LogP contribution in [-0.4, -0.2) is 45.1 Å². The summed E-state index contributed by atoms with van der Waals surface area (Å²) in [5.41, 5.74) is 5.51. The number of benzene rings is 1. The van der Waals surface area contributed by atoms with E-state index in [0.717, 1.165) is 16.4 Å². The molecule has 0 heterocycles. The predicted octanol–water partition coefficient (Wildman–Crippen LogP) is 2.33. The molecule has 0 saturated carbocycles. The number of nitrogens with one attached hydrogen (secondary N) is 1. The van der Waals surface area contributed by atoms with Gasteiger partial charge in [-0.05, 0) is 18.1 Å². The molecule has 1 aromatic carbocycles. The van der Waals surface area contributed by atoms with Crippen molar-refractivity contribution in [2.45, 2.75) is 24.3 Å². The molecule has 0 aliphatic carbocycles. The van der Waals surface area contributed by atoms with Gasteiger partial charge >= 0.3 is 0 Å². The third-order valence-electron chi connectivity index (χ3n) is 3.25. The molecule has 0 aromatic heterocycles. The average Bonchev–Trinajstić information content (AvgIpc) is 2.56. The first kappa shape index (κ1) is 22.1. The number of methoxy groups -OCH3 is 2. The molecule has 1 aromatic rings. The van der Waals surface area contributed by atoms with Crippen molar-refractivity contribution in [2.75, 3.05) is 33.1 Å². The lowest BCUT2D eigenvalue weighted by molar-refractivity contribution is -0.123. The van der Waals surface area contributed by atoms with Crippen LogP contribution in [0.4, 0.5) is 0 Å². The van der Waals surface area contributed by atoms with Crippen molar-refractivity contribution in [3.8, 4) is 5.75 Å². The Labute approximate surface area is 149 Å². The third-order valence-corrected chi connectivity index (χ3v) is 4.63. The summed E-state index contributed by atoms with van der Waals surface area (Å²) in [6.07, 6.45) is 0.0950. The molecule has 0 fully saturated rings. The van der Waals surface area contributed by atoms with Crippen LogP contribution in [0.2, 0.25) is 0 Å². The summed E-state index contributed by atoms with van der Waals surface area (Å²) >= 11 is 1.73. The number of hydrogen-bond acceptors (Lipinski definition) is 5. The predicted molar refractivity (Wildman–Crippen MR) is 97.6 cm³/mol. The molecular weight excluding hydrogens is 336 g/mol. The molecule has 2 atom stereocenters. The number of halogens is 1. The fraction of sp³-hybridized carbons (Fsp3) is 0.562. The van der Waals surface area contributed by atoms with Crippen molar-refractivity contribution < 1.29 is 14.3 Å². The Hall–Kier alpha value is -0.950. The van der Waals surface area contributed by atoms with E-state index in [4.69, 9.17) is 15.2 Å². The normalized spacial score (nSPS) is 12.9. The van der Waals surface area contributed by atoms with E-state index < -0.39 is 0 Å². The van der Waals surface area contributed by atoms with E-state index in [1.807, 2.05) is 24.3 Å². The lowest BCUT2D eigenvalue weighted by Gasteiger charge is -2.16. The van der Waals surface area contributed by atoms with Crippen molar-refractivity contribution in [3.05, 3.63) is 24.3 Å². The van der Waals surface area contributed by atoms with Crippen LogP contribution < -0.4 is 15.8 Å². The topological polar surface area (TPSA) is 73.6 Å². The number of ether oxygens (including phenoxy) is 2. The quantitative estimate of drug-likeness (QED) is 0.625. The minimum atomic E-state index is -0.210. The number of amides is 1. The van der Waals surface area contributed by atoms with Crippen molar-refractivity contribution in [2.24, 2.45) is 11.7 Å². The van der Waals surface area contributed by atoms with Crippen LogP contribution in [-0.2, 0) is 9.53 Å². The van der Waals surface area contributed by atoms with Crippen LogP contribution in [0.15, 0.2) is 29.2 Å². The second kappa shape index (κ2) is 12.5. The summed E-state index contributed by atoms with van der Waals surface area (Å²) in [6.45, 7) is 3.10. The molecule has 0 bridgehead atoms. The molecule has 1 amide bonds. The summed E-state index contributed by atoms with van der Waals surface area (Å²) < 4.78 is 10.4. The van der Waals surface area contributed by atoms with Crippen LogP contribution in [0.3, 0.4) is 0 Å². The van der Waals surface area contributed by atoms with Gasteiger partial charge < -0.3 is 20.5 Å². The molecule has 3 N–H and O–H groups in total. The summed E-state index contributed by atoms with van der Waals surface area (Å²) in [4.78, 5) is 12.9.